The highest BCUT2D eigenvalue weighted by molar-refractivity contribution is 6.33. The minimum Gasteiger partial charge on any atom is -0.346 e. The Hall–Kier alpha value is -1.85. The number of aromatic nitrogens is 2. The lowest BCUT2D eigenvalue weighted by molar-refractivity contribution is 0.0888. The number of hydrogen-bond donors (Lipinski definition) is 1. The van der Waals surface area contributed by atoms with E-state index in [1.165, 1.54) is 25.7 Å². The molecule has 0 radical (unpaired) electrons. The molecule has 3 rings (SSSR count). The maximum atomic E-state index is 12.9. The zero-order valence-corrected chi connectivity index (χ0v) is 16.3. The number of carbonyl (C=O) groups excluding carboxylic acids is 1. The molecule has 0 bridgehead atoms. The number of carbonyl (C=O) groups is 1. The van der Waals surface area contributed by atoms with Crippen molar-refractivity contribution in [3.8, 4) is 5.69 Å². The van der Waals surface area contributed by atoms with Crippen molar-refractivity contribution in [2.75, 3.05) is 19.6 Å². The fraction of sp³-hybridized carbons (Fsp3) is 0.500. The van der Waals surface area contributed by atoms with Gasteiger partial charge in [0.15, 0.2) is 0 Å². The summed E-state index contributed by atoms with van der Waals surface area (Å²) in [5.41, 5.74) is 0.963. The van der Waals surface area contributed by atoms with Gasteiger partial charge in [0, 0.05) is 24.5 Å². The molecule has 0 saturated carbocycles. The van der Waals surface area contributed by atoms with Gasteiger partial charge < -0.3 is 10.2 Å². The van der Waals surface area contributed by atoms with Crippen LogP contribution in [-0.2, 0) is 0 Å². The van der Waals surface area contributed by atoms with Crippen LogP contribution in [0.3, 0.4) is 0 Å². The maximum absolute atomic E-state index is 12.9. The average Bonchev–Trinajstić information content (AvgIpc) is 3.00. The van der Waals surface area contributed by atoms with E-state index in [1.54, 1.807) is 23.0 Å². The fourth-order valence-electron chi connectivity index (χ4n) is 3.52. The van der Waals surface area contributed by atoms with E-state index in [0.29, 0.717) is 10.6 Å². The Morgan fingerprint density at radius 1 is 1.23 bits per heavy atom. The van der Waals surface area contributed by atoms with Crippen molar-refractivity contribution in [3.63, 3.8) is 0 Å². The Labute approximate surface area is 160 Å². The standard InChI is InChI=1S/C20H27ClN4O/c1-20(2,15-24-11-5-3-4-6-12-24)23-19(26)17-14-16(8-9-18(17)21)25-13-7-10-22-25/h7-10,13-14H,3-6,11-12,15H2,1-2H3,(H,23,26). The molecule has 1 aliphatic heterocycles. The van der Waals surface area contributed by atoms with Crippen molar-refractivity contribution in [3.05, 3.63) is 47.2 Å². The number of benzene rings is 1. The number of nitrogens with one attached hydrogen (secondary N) is 1. The highest BCUT2D eigenvalue weighted by Crippen LogP contribution is 2.21. The molecular weight excluding hydrogens is 348 g/mol. The first-order valence-corrected chi connectivity index (χ1v) is 9.67. The summed E-state index contributed by atoms with van der Waals surface area (Å²) < 4.78 is 1.72. The molecule has 1 amide bonds. The number of halogens is 1. The van der Waals surface area contributed by atoms with Gasteiger partial charge in [0.1, 0.15) is 0 Å². The molecule has 1 aliphatic rings. The molecule has 0 unspecified atom stereocenters. The molecule has 0 spiro atoms. The van der Waals surface area contributed by atoms with E-state index in [2.05, 4.69) is 29.2 Å². The van der Waals surface area contributed by atoms with Crippen LogP contribution < -0.4 is 5.32 Å². The Kier molecular flexibility index (Phi) is 5.99. The van der Waals surface area contributed by atoms with Gasteiger partial charge in [-0.3, -0.25) is 4.79 Å². The van der Waals surface area contributed by atoms with Gasteiger partial charge in [-0.15, -0.1) is 0 Å². The first kappa shape index (κ1) is 18.9. The summed E-state index contributed by atoms with van der Waals surface area (Å²) in [7, 11) is 0. The Morgan fingerprint density at radius 2 is 1.96 bits per heavy atom. The van der Waals surface area contributed by atoms with Gasteiger partial charge in [-0.2, -0.15) is 5.10 Å². The largest absolute Gasteiger partial charge is 0.346 e. The van der Waals surface area contributed by atoms with E-state index in [0.717, 1.165) is 25.3 Å². The molecule has 2 heterocycles. The van der Waals surface area contributed by atoms with Gasteiger partial charge >= 0.3 is 0 Å². The predicted octanol–water partition coefficient (Wildman–Crippen LogP) is 3.91. The van der Waals surface area contributed by atoms with Crippen LogP contribution in [-0.4, -0.2) is 45.8 Å². The molecule has 0 aliphatic carbocycles. The van der Waals surface area contributed by atoms with Gasteiger partial charge in [-0.05, 0) is 64.0 Å². The van der Waals surface area contributed by atoms with Crippen molar-refractivity contribution >= 4 is 17.5 Å². The second-order valence-corrected chi connectivity index (χ2v) is 8.05. The van der Waals surface area contributed by atoms with E-state index in [1.807, 2.05) is 18.3 Å². The van der Waals surface area contributed by atoms with Crippen LogP contribution in [0.15, 0.2) is 36.7 Å². The monoisotopic (exact) mass is 374 g/mol. The van der Waals surface area contributed by atoms with Crippen LogP contribution in [0.5, 0.6) is 0 Å². The van der Waals surface area contributed by atoms with Crippen LogP contribution in [0.2, 0.25) is 5.02 Å². The van der Waals surface area contributed by atoms with Crippen molar-refractivity contribution in [2.45, 2.75) is 45.1 Å². The first-order valence-electron chi connectivity index (χ1n) is 9.29. The second kappa shape index (κ2) is 8.23. The summed E-state index contributed by atoms with van der Waals surface area (Å²) in [6, 6.07) is 7.23. The molecular formula is C20H27ClN4O. The highest BCUT2D eigenvalue weighted by atomic mass is 35.5. The summed E-state index contributed by atoms with van der Waals surface area (Å²) >= 11 is 6.29. The number of likely N-dealkylation sites (tertiary alicyclic amines) is 1. The summed E-state index contributed by atoms with van der Waals surface area (Å²) in [6.07, 6.45) is 8.63. The Morgan fingerprint density at radius 3 is 2.62 bits per heavy atom. The third kappa shape index (κ3) is 4.86. The van der Waals surface area contributed by atoms with Crippen LogP contribution in [0.25, 0.3) is 5.69 Å². The van der Waals surface area contributed by atoms with Gasteiger partial charge in [-0.1, -0.05) is 24.4 Å². The molecule has 1 N–H and O–H groups in total. The van der Waals surface area contributed by atoms with Crippen LogP contribution in [0, 0.1) is 0 Å². The smallest absolute Gasteiger partial charge is 0.253 e. The first-order chi connectivity index (χ1) is 12.4. The summed E-state index contributed by atoms with van der Waals surface area (Å²) in [4.78, 5) is 15.3. The zero-order valence-electron chi connectivity index (χ0n) is 15.5. The average molecular weight is 375 g/mol. The van der Waals surface area contributed by atoms with Crippen molar-refractivity contribution in [1.29, 1.82) is 0 Å². The van der Waals surface area contributed by atoms with Gasteiger partial charge in [-0.25, -0.2) is 4.68 Å². The number of nitrogens with zero attached hydrogens (tertiary/aromatic N) is 3. The lowest BCUT2D eigenvalue weighted by atomic mass is 10.0. The molecule has 1 fully saturated rings. The summed E-state index contributed by atoms with van der Waals surface area (Å²) in [6.45, 7) is 7.20. The normalized spacial score (nSPS) is 16.3. The molecule has 1 aromatic carbocycles. The van der Waals surface area contributed by atoms with E-state index in [4.69, 9.17) is 11.6 Å². The van der Waals surface area contributed by atoms with E-state index in [-0.39, 0.29) is 11.4 Å². The third-order valence-electron chi connectivity index (χ3n) is 4.73. The van der Waals surface area contributed by atoms with Crippen molar-refractivity contribution in [2.24, 2.45) is 0 Å². The highest BCUT2D eigenvalue weighted by Gasteiger charge is 2.26. The molecule has 5 nitrogen and oxygen atoms in total. The SMILES string of the molecule is CC(C)(CN1CCCCCC1)NC(=O)c1cc(-n2cccn2)ccc1Cl. The minimum absolute atomic E-state index is 0.149. The lowest BCUT2D eigenvalue weighted by Crippen LogP contribution is -2.51. The molecule has 140 valence electrons. The Bertz CT molecular complexity index is 734. The predicted molar refractivity (Wildman–Crippen MR) is 105 cm³/mol. The molecule has 2 aromatic rings. The number of rotatable bonds is 5. The zero-order chi connectivity index (χ0) is 18.6. The van der Waals surface area contributed by atoms with Gasteiger partial charge in [0.25, 0.3) is 5.91 Å². The van der Waals surface area contributed by atoms with Crippen molar-refractivity contribution in [1.82, 2.24) is 20.0 Å². The molecule has 26 heavy (non-hydrogen) atoms. The number of amides is 1. The summed E-state index contributed by atoms with van der Waals surface area (Å²) in [5.74, 6) is -0.149. The maximum Gasteiger partial charge on any atom is 0.253 e. The quantitative estimate of drug-likeness (QED) is 0.863. The summed E-state index contributed by atoms with van der Waals surface area (Å²) in [5, 5.41) is 7.82. The topological polar surface area (TPSA) is 50.2 Å². The van der Waals surface area contributed by atoms with Crippen molar-refractivity contribution < 1.29 is 4.79 Å². The Balaban J connectivity index is 1.71. The van der Waals surface area contributed by atoms with Crippen LogP contribution in [0.4, 0.5) is 0 Å². The van der Waals surface area contributed by atoms with E-state index in [9.17, 15) is 4.79 Å². The van der Waals surface area contributed by atoms with Gasteiger partial charge in [0.05, 0.1) is 16.3 Å². The van der Waals surface area contributed by atoms with E-state index >= 15 is 0 Å². The molecule has 0 atom stereocenters. The van der Waals surface area contributed by atoms with Crippen LogP contribution in [0.1, 0.15) is 49.9 Å². The lowest BCUT2D eigenvalue weighted by Gasteiger charge is -2.33. The molecule has 1 saturated heterocycles. The number of hydrogen-bond acceptors (Lipinski definition) is 3. The third-order valence-corrected chi connectivity index (χ3v) is 5.06. The fourth-order valence-corrected chi connectivity index (χ4v) is 3.72. The second-order valence-electron chi connectivity index (χ2n) is 7.64. The molecule has 6 heteroatoms. The van der Waals surface area contributed by atoms with Crippen LogP contribution >= 0.6 is 11.6 Å². The van der Waals surface area contributed by atoms with E-state index < -0.39 is 0 Å². The molecule has 1 aromatic heterocycles. The minimum atomic E-state index is -0.327. The van der Waals surface area contributed by atoms with Gasteiger partial charge in [0.2, 0.25) is 0 Å².